The molecule has 39 heavy (non-hydrogen) atoms. The first-order valence-electron chi connectivity index (χ1n) is 12.9. The first-order valence-corrected chi connectivity index (χ1v) is 13.3. The Morgan fingerprint density at radius 1 is 0.872 bits per heavy atom. The number of fused-ring (bicyclic) bond motifs is 5. The second-order valence-electron chi connectivity index (χ2n) is 10.6. The Bertz CT molecular complexity index is 1600. The van der Waals surface area contributed by atoms with Gasteiger partial charge in [-0.3, -0.25) is 24.5 Å². The van der Waals surface area contributed by atoms with Gasteiger partial charge < -0.3 is 0 Å². The fourth-order valence-corrected chi connectivity index (χ4v) is 7.58. The number of anilines is 1. The number of amides is 2. The van der Waals surface area contributed by atoms with Crippen LogP contribution in [0.5, 0.6) is 0 Å². The van der Waals surface area contributed by atoms with Crippen molar-refractivity contribution in [2.75, 3.05) is 4.90 Å². The number of non-ortho nitro benzene ring substituents is 1. The van der Waals surface area contributed by atoms with E-state index in [2.05, 4.69) is 0 Å². The van der Waals surface area contributed by atoms with Crippen LogP contribution in [0.15, 0.2) is 78.9 Å². The van der Waals surface area contributed by atoms with Gasteiger partial charge in [-0.1, -0.05) is 85.6 Å². The standard InChI is InChI=1S/C31H25ClN2O5/c1-3-16-31-24(19-12-8-5-9-13-19)23(18-10-6-4-7-11-18)30(2,29(31)37)25-26(31)28(36)33(27(25)35)22-17-20(34(38)39)14-15-21(22)32/h4-15,17,25-26H,3,16H2,1-2H3/t25-,26+,30-,31+/m0/s1. The minimum Gasteiger partial charge on any atom is -0.298 e. The molecule has 0 N–H and O–H groups in total. The van der Waals surface area contributed by atoms with Crippen molar-refractivity contribution in [1.82, 2.24) is 0 Å². The Labute approximate surface area is 230 Å². The van der Waals surface area contributed by atoms with E-state index in [4.69, 9.17) is 11.6 Å². The normalized spacial score (nSPS) is 27.5. The number of ketones is 1. The number of rotatable bonds is 6. The average Bonchev–Trinajstić information content (AvgIpc) is 3.40. The van der Waals surface area contributed by atoms with Crippen molar-refractivity contribution in [2.45, 2.75) is 26.7 Å². The zero-order valence-corrected chi connectivity index (χ0v) is 22.1. The molecule has 3 aromatic rings. The van der Waals surface area contributed by atoms with Gasteiger partial charge in [-0.05, 0) is 41.7 Å². The predicted molar refractivity (Wildman–Crippen MR) is 148 cm³/mol. The highest BCUT2D eigenvalue weighted by molar-refractivity contribution is 6.39. The van der Waals surface area contributed by atoms with E-state index in [9.17, 15) is 24.5 Å². The van der Waals surface area contributed by atoms with Gasteiger partial charge in [0.2, 0.25) is 11.8 Å². The third kappa shape index (κ3) is 3.13. The van der Waals surface area contributed by atoms with Crippen molar-refractivity contribution < 1.29 is 19.3 Å². The summed E-state index contributed by atoms with van der Waals surface area (Å²) in [7, 11) is 0. The number of allylic oxidation sites excluding steroid dienone is 2. The Morgan fingerprint density at radius 2 is 1.44 bits per heavy atom. The summed E-state index contributed by atoms with van der Waals surface area (Å²) in [6.45, 7) is 3.75. The minimum absolute atomic E-state index is 0.0279. The number of Topliss-reactive ketones (excluding diaryl/α,β-unsaturated/α-hetero) is 1. The van der Waals surface area contributed by atoms with Gasteiger partial charge in [0.15, 0.2) is 5.78 Å². The van der Waals surface area contributed by atoms with Crippen LogP contribution in [0.4, 0.5) is 11.4 Å². The first kappa shape index (κ1) is 25.2. The van der Waals surface area contributed by atoms with Crippen molar-refractivity contribution in [1.29, 1.82) is 0 Å². The molecule has 7 nitrogen and oxygen atoms in total. The van der Waals surface area contributed by atoms with Gasteiger partial charge in [-0.25, -0.2) is 4.90 Å². The molecule has 2 aliphatic carbocycles. The van der Waals surface area contributed by atoms with E-state index in [0.29, 0.717) is 12.8 Å². The summed E-state index contributed by atoms with van der Waals surface area (Å²) in [5.41, 5.74) is 0.410. The summed E-state index contributed by atoms with van der Waals surface area (Å²) in [6.07, 6.45) is 1.00. The lowest BCUT2D eigenvalue weighted by Gasteiger charge is -2.37. The Hall–Kier alpha value is -4.10. The summed E-state index contributed by atoms with van der Waals surface area (Å²) in [6, 6.07) is 22.8. The van der Waals surface area contributed by atoms with E-state index in [-0.39, 0.29) is 22.2 Å². The van der Waals surface area contributed by atoms with Crippen molar-refractivity contribution in [3.05, 3.63) is 105 Å². The quantitative estimate of drug-likeness (QED) is 0.206. The highest BCUT2D eigenvalue weighted by atomic mass is 35.5. The van der Waals surface area contributed by atoms with Crippen molar-refractivity contribution in [3.8, 4) is 0 Å². The van der Waals surface area contributed by atoms with Crippen LogP contribution >= 0.6 is 11.6 Å². The molecule has 1 heterocycles. The highest BCUT2D eigenvalue weighted by Crippen LogP contribution is 2.75. The van der Waals surface area contributed by atoms with E-state index >= 15 is 0 Å². The van der Waals surface area contributed by atoms with Crippen molar-refractivity contribution >= 4 is 51.7 Å². The van der Waals surface area contributed by atoms with Crippen molar-refractivity contribution in [3.63, 3.8) is 0 Å². The maximum Gasteiger partial charge on any atom is 0.271 e. The van der Waals surface area contributed by atoms with Gasteiger partial charge >= 0.3 is 0 Å². The molecule has 2 amide bonds. The highest BCUT2D eigenvalue weighted by Gasteiger charge is 2.80. The average molecular weight is 541 g/mol. The molecule has 1 aliphatic heterocycles. The third-order valence-corrected chi connectivity index (χ3v) is 9.02. The largest absolute Gasteiger partial charge is 0.298 e. The fourth-order valence-electron chi connectivity index (χ4n) is 7.38. The maximum absolute atomic E-state index is 14.6. The van der Waals surface area contributed by atoms with E-state index in [1.807, 2.05) is 67.6 Å². The SMILES string of the molecule is CCC[C@@]12C(=O)[C@@](C)(C(c3ccccc3)=C1c1ccccc1)[C@@H]1C(=O)N(c3cc([N+](=O)[O-])ccc3Cl)C(=O)[C@@H]12. The summed E-state index contributed by atoms with van der Waals surface area (Å²) < 4.78 is 0. The van der Waals surface area contributed by atoms with Gasteiger partial charge in [-0.15, -0.1) is 0 Å². The second kappa shape index (κ2) is 8.71. The molecule has 0 radical (unpaired) electrons. The van der Waals surface area contributed by atoms with Crippen LogP contribution < -0.4 is 4.90 Å². The van der Waals surface area contributed by atoms with Gasteiger partial charge in [0.1, 0.15) is 0 Å². The molecule has 0 spiro atoms. The number of carbonyl (C=O) groups excluding carboxylic acids is 3. The Kier molecular flexibility index (Phi) is 5.63. The van der Waals surface area contributed by atoms with Crippen LogP contribution in [0.3, 0.4) is 0 Å². The third-order valence-electron chi connectivity index (χ3n) is 8.70. The molecule has 0 aromatic heterocycles. The fraction of sp³-hybridized carbons (Fsp3) is 0.258. The molecule has 1 saturated carbocycles. The number of nitro groups is 1. The van der Waals surface area contributed by atoms with Crippen LogP contribution in [0.2, 0.25) is 5.02 Å². The lowest BCUT2D eigenvalue weighted by atomic mass is 9.61. The Morgan fingerprint density at radius 3 is 2.00 bits per heavy atom. The van der Waals surface area contributed by atoms with Crippen LogP contribution in [0.25, 0.3) is 11.1 Å². The lowest BCUT2D eigenvalue weighted by molar-refractivity contribution is -0.384. The maximum atomic E-state index is 14.6. The molecule has 2 fully saturated rings. The molecule has 6 rings (SSSR count). The molecule has 8 heteroatoms. The van der Waals surface area contributed by atoms with Gasteiger partial charge in [-0.2, -0.15) is 0 Å². The molecule has 1 saturated heterocycles. The van der Waals surface area contributed by atoms with Crippen LogP contribution in [-0.4, -0.2) is 22.5 Å². The van der Waals surface area contributed by atoms with Gasteiger partial charge in [0.25, 0.3) is 5.69 Å². The zero-order chi connectivity index (χ0) is 27.7. The lowest BCUT2D eigenvalue weighted by Crippen LogP contribution is -2.41. The number of hydrogen-bond donors (Lipinski definition) is 0. The number of carbonyl (C=O) groups is 3. The summed E-state index contributed by atoms with van der Waals surface area (Å²) >= 11 is 6.42. The summed E-state index contributed by atoms with van der Waals surface area (Å²) in [5.74, 6) is -3.11. The monoisotopic (exact) mass is 540 g/mol. The molecule has 3 aliphatic rings. The molecular weight excluding hydrogens is 516 g/mol. The van der Waals surface area contributed by atoms with Crippen LogP contribution in [-0.2, 0) is 14.4 Å². The molecule has 196 valence electrons. The van der Waals surface area contributed by atoms with E-state index in [0.717, 1.165) is 33.2 Å². The van der Waals surface area contributed by atoms with E-state index < -0.39 is 39.4 Å². The molecular formula is C31H25ClN2O5. The molecule has 4 atom stereocenters. The smallest absolute Gasteiger partial charge is 0.271 e. The van der Waals surface area contributed by atoms with Crippen LogP contribution in [0, 0.1) is 32.8 Å². The van der Waals surface area contributed by atoms with Gasteiger partial charge in [0, 0.05) is 12.1 Å². The number of hydrogen-bond acceptors (Lipinski definition) is 5. The summed E-state index contributed by atoms with van der Waals surface area (Å²) in [5, 5.41) is 11.6. The Balaban J connectivity index is 1.64. The number of halogens is 1. The number of nitro benzene ring substituents is 1. The van der Waals surface area contributed by atoms with E-state index in [1.54, 1.807) is 6.92 Å². The molecule has 2 bridgehead atoms. The minimum atomic E-state index is -1.28. The topological polar surface area (TPSA) is 97.6 Å². The zero-order valence-electron chi connectivity index (χ0n) is 21.4. The number of benzene rings is 3. The summed E-state index contributed by atoms with van der Waals surface area (Å²) in [4.78, 5) is 55.1. The predicted octanol–water partition coefficient (Wildman–Crippen LogP) is 6.35. The number of imide groups is 1. The molecule has 0 unspecified atom stereocenters. The van der Waals surface area contributed by atoms with Crippen LogP contribution in [0.1, 0.15) is 37.8 Å². The first-order chi connectivity index (χ1) is 18.7. The van der Waals surface area contributed by atoms with Crippen molar-refractivity contribution in [2.24, 2.45) is 22.7 Å². The number of nitrogens with zero attached hydrogens (tertiary/aromatic N) is 2. The second-order valence-corrected chi connectivity index (χ2v) is 11.0. The molecule has 3 aromatic carbocycles. The van der Waals surface area contributed by atoms with E-state index in [1.165, 1.54) is 12.1 Å². The van der Waals surface area contributed by atoms with Gasteiger partial charge in [0.05, 0.1) is 38.3 Å².